The van der Waals surface area contributed by atoms with Crippen molar-refractivity contribution in [2.24, 2.45) is 0 Å². The van der Waals surface area contributed by atoms with Crippen molar-refractivity contribution in [1.29, 1.82) is 0 Å². The van der Waals surface area contributed by atoms with E-state index >= 15 is 0 Å². The highest BCUT2D eigenvalue weighted by Gasteiger charge is 2.32. The van der Waals surface area contributed by atoms with E-state index in [-0.39, 0.29) is 24.2 Å². The molecule has 0 aromatic carbocycles. The van der Waals surface area contributed by atoms with E-state index < -0.39 is 12.6 Å². The molecule has 1 aromatic rings. The van der Waals surface area contributed by atoms with Gasteiger partial charge in [0.2, 0.25) is 5.89 Å². The molecule has 0 radical (unpaired) electrons. The van der Waals surface area contributed by atoms with E-state index in [1.807, 2.05) is 7.05 Å². The molecule has 7 heteroatoms. The van der Waals surface area contributed by atoms with Crippen LogP contribution in [0.4, 0.5) is 13.2 Å². The number of likely N-dealkylation sites (N-methyl/N-ethyl adjacent to an activating group) is 1. The summed E-state index contributed by atoms with van der Waals surface area (Å²) in [4.78, 5) is 4.08. The average Bonchev–Trinajstić information content (AvgIpc) is 2.93. The van der Waals surface area contributed by atoms with E-state index in [1.54, 1.807) is 0 Å². The quantitative estimate of drug-likeness (QED) is 0.906. The van der Waals surface area contributed by atoms with Crippen molar-refractivity contribution < 1.29 is 17.7 Å². The van der Waals surface area contributed by atoms with Crippen LogP contribution in [0.2, 0.25) is 0 Å². The summed E-state index contributed by atoms with van der Waals surface area (Å²) in [6.45, 7) is 0. The highest BCUT2D eigenvalue weighted by atomic mass is 19.4. The number of hydrogen-bond donors (Lipinski definition) is 1. The number of aryl methyl sites for hydroxylation is 1. The van der Waals surface area contributed by atoms with Crippen molar-refractivity contribution in [2.75, 3.05) is 7.05 Å². The molecule has 0 spiro atoms. The Labute approximate surface area is 103 Å². The van der Waals surface area contributed by atoms with Gasteiger partial charge in [-0.05, 0) is 19.9 Å². The van der Waals surface area contributed by atoms with Gasteiger partial charge < -0.3 is 9.84 Å². The molecule has 2 unspecified atom stereocenters. The minimum atomic E-state index is -4.18. The maximum atomic E-state index is 12.1. The van der Waals surface area contributed by atoms with E-state index in [0.717, 1.165) is 19.3 Å². The normalized spacial score (nSPS) is 24.7. The Bertz CT molecular complexity index is 391. The van der Waals surface area contributed by atoms with E-state index in [4.69, 9.17) is 4.52 Å². The lowest BCUT2D eigenvalue weighted by atomic mass is 10.0. The van der Waals surface area contributed by atoms with E-state index in [9.17, 15) is 13.2 Å². The van der Waals surface area contributed by atoms with Gasteiger partial charge in [-0.2, -0.15) is 18.2 Å². The van der Waals surface area contributed by atoms with Crippen LogP contribution in [0.3, 0.4) is 0 Å². The fourth-order valence-electron chi connectivity index (χ4n) is 2.37. The highest BCUT2D eigenvalue weighted by Crippen LogP contribution is 2.33. The number of rotatable bonds is 4. The Morgan fingerprint density at radius 1 is 1.39 bits per heavy atom. The Kier molecular flexibility index (Phi) is 3.89. The average molecular weight is 263 g/mol. The van der Waals surface area contributed by atoms with Gasteiger partial charge in [0.25, 0.3) is 0 Å². The molecular formula is C11H16F3N3O. The van der Waals surface area contributed by atoms with E-state index in [0.29, 0.717) is 5.89 Å². The molecule has 0 bridgehead atoms. The summed E-state index contributed by atoms with van der Waals surface area (Å²) in [6, 6.07) is 0.279. The molecule has 2 atom stereocenters. The van der Waals surface area contributed by atoms with Crippen molar-refractivity contribution in [2.45, 2.75) is 50.2 Å². The predicted octanol–water partition coefficient (Wildman–Crippen LogP) is 2.42. The molecule has 1 N–H and O–H groups in total. The van der Waals surface area contributed by atoms with Crippen molar-refractivity contribution in [3.05, 3.63) is 11.7 Å². The summed E-state index contributed by atoms with van der Waals surface area (Å²) < 4.78 is 41.3. The third-order valence-corrected chi connectivity index (χ3v) is 3.32. The summed E-state index contributed by atoms with van der Waals surface area (Å²) in [6.07, 6.45) is -2.28. The zero-order valence-electron chi connectivity index (χ0n) is 10.1. The lowest BCUT2D eigenvalue weighted by Gasteiger charge is -2.14. The number of hydrogen-bond acceptors (Lipinski definition) is 4. The first-order valence-electron chi connectivity index (χ1n) is 6.06. The van der Waals surface area contributed by atoms with Gasteiger partial charge in [0.05, 0.1) is 12.3 Å². The summed E-state index contributed by atoms with van der Waals surface area (Å²) in [5, 5.41) is 6.79. The maximum Gasteiger partial charge on any atom is 0.389 e. The molecule has 1 fully saturated rings. The van der Waals surface area contributed by atoms with Gasteiger partial charge in [-0.3, -0.25) is 0 Å². The molecule has 102 valence electrons. The Morgan fingerprint density at radius 2 is 2.17 bits per heavy atom. The van der Waals surface area contributed by atoms with Gasteiger partial charge in [-0.1, -0.05) is 11.6 Å². The molecule has 1 aliphatic carbocycles. The maximum absolute atomic E-state index is 12.1. The Morgan fingerprint density at radius 3 is 2.83 bits per heavy atom. The van der Waals surface area contributed by atoms with E-state index in [2.05, 4.69) is 15.5 Å². The van der Waals surface area contributed by atoms with Crippen molar-refractivity contribution in [1.82, 2.24) is 15.5 Å². The van der Waals surface area contributed by atoms with Crippen molar-refractivity contribution >= 4 is 0 Å². The monoisotopic (exact) mass is 263 g/mol. The molecule has 1 aromatic heterocycles. The number of aromatic nitrogens is 2. The molecule has 0 amide bonds. The first kappa shape index (κ1) is 13.3. The van der Waals surface area contributed by atoms with Gasteiger partial charge >= 0.3 is 6.18 Å². The Balaban J connectivity index is 1.97. The molecule has 0 aliphatic heterocycles. The molecule has 1 saturated carbocycles. The largest absolute Gasteiger partial charge is 0.389 e. The SMILES string of the molecule is CNC1CCCC1c1nc(CCC(F)(F)F)no1. The number of halogens is 3. The second-order valence-electron chi connectivity index (χ2n) is 4.60. The van der Waals surface area contributed by atoms with Crippen LogP contribution in [-0.4, -0.2) is 29.4 Å². The van der Waals surface area contributed by atoms with Gasteiger partial charge in [-0.25, -0.2) is 0 Å². The molecule has 0 saturated heterocycles. The first-order valence-corrected chi connectivity index (χ1v) is 6.06. The van der Waals surface area contributed by atoms with Crippen LogP contribution in [0, 0.1) is 0 Å². The highest BCUT2D eigenvalue weighted by molar-refractivity contribution is 5.02. The zero-order valence-corrected chi connectivity index (χ0v) is 10.1. The molecular weight excluding hydrogens is 247 g/mol. The van der Waals surface area contributed by atoms with Crippen molar-refractivity contribution in [3.63, 3.8) is 0 Å². The van der Waals surface area contributed by atoms with Crippen LogP contribution in [0.15, 0.2) is 4.52 Å². The molecule has 2 rings (SSSR count). The lowest BCUT2D eigenvalue weighted by Crippen LogP contribution is -2.27. The second kappa shape index (κ2) is 5.26. The lowest BCUT2D eigenvalue weighted by molar-refractivity contribution is -0.134. The van der Waals surface area contributed by atoms with Crippen LogP contribution in [-0.2, 0) is 6.42 Å². The summed E-state index contributed by atoms with van der Waals surface area (Å²) in [5.74, 6) is 0.732. The van der Waals surface area contributed by atoms with Crippen LogP contribution in [0.1, 0.15) is 43.3 Å². The summed E-state index contributed by atoms with van der Waals surface area (Å²) in [5.41, 5.74) is 0. The third-order valence-electron chi connectivity index (χ3n) is 3.32. The first-order chi connectivity index (χ1) is 8.49. The van der Waals surface area contributed by atoms with Gasteiger partial charge in [-0.15, -0.1) is 0 Å². The van der Waals surface area contributed by atoms with Crippen LogP contribution in [0.5, 0.6) is 0 Å². The number of nitrogens with zero attached hydrogens (tertiary/aromatic N) is 2. The fourth-order valence-corrected chi connectivity index (χ4v) is 2.37. The van der Waals surface area contributed by atoms with Gasteiger partial charge in [0.1, 0.15) is 0 Å². The fraction of sp³-hybridized carbons (Fsp3) is 0.818. The van der Waals surface area contributed by atoms with Crippen LogP contribution in [0.25, 0.3) is 0 Å². The summed E-state index contributed by atoms with van der Waals surface area (Å²) in [7, 11) is 1.86. The van der Waals surface area contributed by atoms with Crippen LogP contribution >= 0.6 is 0 Å². The van der Waals surface area contributed by atoms with Gasteiger partial charge in [0.15, 0.2) is 5.82 Å². The minimum Gasteiger partial charge on any atom is -0.339 e. The smallest absolute Gasteiger partial charge is 0.339 e. The zero-order chi connectivity index (χ0) is 13.2. The van der Waals surface area contributed by atoms with Crippen LogP contribution < -0.4 is 5.32 Å². The van der Waals surface area contributed by atoms with Gasteiger partial charge in [0, 0.05) is 12.5 Å². The Hall–Kier alpha value is -1.11. The topological polar surface area (TPSA) is 51.0 Å². The predicted molar refractivity (Wildman–Crippen MR) is 58.1 cm³/mol. The standard InChI is InChI=1S/C11H16F3N3O/c1-15-8-4-2-3-7(8)10-16-9(17-18-10)5-6-11(12,13)14/h7-8,15H,2-6H2,1H3. The third kappa shape index (κ3) is 3.22. The summed E-state index contributed by atoms with van der Waals surface area (Å²) >= 11 is 0. The molecule has 4 nitrogen and oxygen atoms in total. The molecule has 1 aliphatic rings. The van der Waals surface area contributed by atoms with Crippen molar-refractivity contribution in [3.8, 4) is 0 Å². The minimum absolute atomic E-state index is 0.127. The molecule has 1 heterocycles. The van der Waals surface area contributed by atoms with E-state index in [1.165, 1.54) is 0 Å². The molecule has 18 heavy (non-hydrogen) atoms. The second-order valence-corrected chi connectivity index (χ2v) is 4.60. The number of nitrogens with one attached hydrogen (secondary N) is 1. The number of alkyl halides is 3.